The van der Waals surface area contributed by atoms with Crippen molar-refractivity contribution < 1.29 is 49.9 Å². The van der Waals surface area contributed by atoms with Crippen molar-refractivity contribution in [2.75, 3.05) is 0 Å². The van der Waals surface area contributed by atoms with Gasteiger partial charge in [0.1, 0.15) is 0 Å². The van der Waals surface area contributed by atoms with Gasteiger partial charge in [0.25, 0.3) is 0 Å². The summed E-state index contributed by atoms with van der Waals surface area (Å²) in [5.74, 6) is 0. The average molecular weight is 332 g/mol. The Morgan fingerprint density at radius 1 is 0.857 bits per heavy atom. The van der Waals surface area contributed by atoms with Crippen LogP contribution in [0.4, 0.5) is 0 Å². The van der Waals surface area contributed by atoms with E-state index < -0.39 is 7.82 Å². The van der Waals surface area contributed by atoms with Crippen LogP contribution in [0.3, 0.4) is 0 Å². The molecule has 124 valence electrons. The molecule has 2 N–H and O–H groups in total. The molecular formula is C15H34NaO4P. The van der Waals surface area contributed by atoms with Gasteiger partial charge in [-0.15, -0.1) is 0 Å². The zero-order chi connectivity index (χ0) is 15.3. The van der Waals surface area contributed by atoms with Gasteiger partial charge in [-0.1, -0.05) is 78.1 Å². The minimum absolute atomic E-state index is 0. The molecule has 0 fully saturated rings. The van der Waals surface area contributed by atoms with E-state index in [1.165, 1.54) is 38.5 Å². The van der Waals surface area contributed by atoms with Crippen LogP contribution >= 0.6 is 7.82 Å². The standard InChI is InChI=1S/C15H33O4P.Na.H/c1-3-5-7-9-11-13-15(19-20(16,17)18)14-12-10-8-6-4-2;;/h15H,3-14H2,1-2H3,(H2,16,17,18);;/q;+1;-1. The normalized spacial score (nSPS) is 11.7. The molecule has 0 saturated heterocycles. The molecular weight excluding hydrogens is 298 g/mol. The van der Waals surface area contributed by atoms with Crippen LogP contribution < -0.4 is 29.6 Å². The van der Waals surface area contributed by atoms with Crippen molar-refractivity contribution in [1.82, 2.24) is 0 Å². The molecule has 0 aromatic carbocycles. The van der Waals surface area contributed by atoms with Gasteiger partial charge in [-0.2, -0.15) is 0 Å². The molecule has 0 aromatic heterocycles. The van der Waals surface area contributed by atoms with Crippen LogP contribution in [0.2, 0.25) is 0 Å². The van der Waals surface area contributed by atoms with Gasteiger partial charge in [-0.05, 0) is 12.8 Å². The van der Waals surface area contributed by atoms with Gasteiger partial charge < -0.3 is 11.2 Å². The van der Waals surface area contributed by atoms with Crippen molar-refractivity contribution >= 4 is 7.82 Å². The zero-order valence-electron chi connectivity index (χ0n) is 15.2. The summed E-state index contributed by atoms with van der Waals surface area (Å²) in [4.78, 5) is 17.9. The fourth-order valence-electron chi connectivity index (χ4n) is 2.40. The van der Waals surface area contributed by atoms with Crippen LogP contribution in [0.1, 0.15) is 92.3 Å². The van der Waals surface area contributed by atoms with E-state index in [4.69, 9.17) is 14.3 Å². The number of unbranched alkanes of at least 4 members (excludes halogenated alkanes) is 8. The molecule has 6 heteroatoms. The van der Waals surface area contributed by atoms with Crippen molar-refractivity contribution in [1.29, 1.82) is 0 Å². The molecule has 0 heterocycles. The van der Waals surface area contributed by atoms with E-state index in [1.807, 2.05) is 0 Å². The summed E-state index contributed by atoms with van der Waals surface area (Å²) < 4.78 is 15.9. The number of hydrogen-bond donors (Lipinski definition) is 2. The van der Waals surface area contributed by atoms with Crippen molar-refractivity contribution in [3.63, 3.8) is 0 Å². The first-order valence-corrected chi connectivity index (χ1v) is 9.76. The Morgan fingerprint density at radius 2 is 1.24 bits per heavy atom. The molecule has 0 spiro atoms. The maximum Gasteiger partial charge on any atom is 1.00 e. The number of phosphoric ester groups is 1. The molecule has 4 nitrogen and oxygen atoms in total. The van der Waals surface area contributed by atoms with Crippen molar-refractivity contribution in [3.8, 4) is 0 Å². The molecule has 0 aliphatic carbocycles. The summed E-state index contributed by atoms with van der Waals surface area (Å²) in [6.07, 6.45) is 12.8. The van der Waals surface area contributed by atoms with E-state index in [1.54, 1.807) is 0 Å². The van der Waals surface area contributed by atoms with Gasteiger partial charge in [-0.3, -0.25) is 4.52 Å². The van der Waals surface area contributed by atoms with Crippen LogP contribution in [0.25, 0.3) is 0 Å². The Kier molecular flexibility index (Phi) is 18.5. The molecule has 0 unspecified atom stereocenters. The monoisotopic (exact) mass is 332 g/mol. The molecule has 0 atom stereocenters. The topological polar surface area (TPSA) is 66.8 Å². The third-order valence-corrected chi connectivity index (χ3v) is 4.12. The van der Waals surface area contributed by atoms with Gasteiger partial charge in [0.05, 0.1) is 6.10 Å². The second-order valence-corrected chi connectivity index (χ2v) is 6.82. The quantitative estimate of drug-likeness (QED) is 0.291. The zero-order valence-corrected chi connectivity index (χ0v) is 17.1. The number of hydrogen-bond acceptors (Lipinski definition) is 2. The van der Waals surface area contributed by atoms with E-state index >= 15 is 0 Å². The summed E-state index contributed by atoms with van der Waals surface area (Å²) in [5.41, 5.74) is 0. The maximum atomic E-state index is 11.0. The molecule has 0 aliphatic rings. The minimum Gasteiger partial charge on any atom is -1.00 e. The number of phosphoric acid groups is 1. The van der Waals surface area contributed by atoms with Crippen molar-refractivity contribution in [2.24, 2.45) is 0 Å². The van der Waals surface area contributed by atoms with Gasteiger partial charge in [0.15, 0.2) is 0 Å². The molecule has 0 radical (unpaired) electrons. The Labute approximate surface area is 154 Å². The van der Waals surface area contributed by atoms with E-state index in [-0.39, 0.29) is 37.1 Å². The SMILES string of the molecule is CCCCCCCC(CCCCCCC)OP(=O)(O)O.[H-].[Na+]. The van der Waals surface area contributed by atoms with Gasteiger partial charge in [-0.25, -0.2) is 4.57 Å². The number of rotatable bonds is 14. The maximum absolute atomic E-state index is 11.0. The van der Waals surface area contributed by atoms with Crippen LogP contribution in [0, 0.1) is 0 Å². The molecule has 0 amide bonds. The van der Waals surface area contributed by atoms with Crippen molar-refractivity contribution in [2.45, 2.75) is 97.0 Å². The molecule has 0 aliphatic heterocycles. The summed E-state index contributed by atoms with van der Waals surface area (Å²) in [6, 6.07) is 0. The summed E-state index contributed by atoms with van der Waals surface area (Å²) in [7, 11) is -4.34. The Balaban J connectivity index is -0.00000180. The fraction of sp³-hybridized carbons (Fsp3) is 1.00. The van der Waals surface area contributed by atoms with Gasteiger partial charge in [0, 0.05) is 0 Å². The van der Waals surface area contributed by atoms with Crippen LogP contribution in [0.5, 0.6) is 0 Å². The smallest absolute Gasteiger partial charge is 1.00 e. The summed E-state index contributed by atoms with van der Waals surface area (Å²) in [5, 5.41) is 0. The first kappa shape index (κ1) is 24.4. The summed E-state index contributed by atoms with van der Waals surface area (Å²) >= 11 is 0. The van der Waals surface area contributed by atoms with Gasteiger partial charge >= 0.3 is 37.4 Å². The van der Waals surface area contributed by atoms with Crippen LogP contribution in [-0.4, -0.2) is 15.9 Å². The molecule has 0 rings (SSSR count). The Hall–Kier alpha value is 1.11. The first-order chi connectivity index (χ1) is 9.49. The Morgan fingerprint density at radius 3 is 1.57 bits per heavy atom. The van der Waals surface area contributed by atoms with Crippen LogP contribution in [0.15, 0.2) is 0 Å². The van der Waals surface area contributed by atoms with Crippen LogP contribution in [-0.2, 0) is 9.09 Å². The fourth-order valence-corrected chi connectivity index (χ4v) is 2.99. The predicted molar refractivity (Wildman–Crippen MR) is 84.8 cm³/mol. The van der Waals surface area contributed by atoms with Crippen molar-refractivity contribution in [3.05, 3.63) is 0 Å². The summed E-state index contributed by atoms with van der Waals surface area (Å²) in [6.45, 7) is 4.35. The molecule has 21 heavy (non-hydrogen) atoms. The van der Waals surface area contributed by atoms with Gasteiger partial charge in [0.2, 0.25) is 0 Å². The Bertz CT molecular complexity index is 250. The van der Waals surface area contributed by atoms with E-state index in [9.17, 15) is 4.57 Å². The van der Waals surface area contributed by atoms with E-state index in [2.05, 4.69) is 13.8 Å². The third-order valence-electron chi connectivity index (χ3n) is 3.55. The third kappa shape index (κ3) is 19.1. The molecule has 0 bridgehead atoms. The predicted octanol–water partition coefficient (Wildman–Crippen LogP) is 2.30. The second-order valence-electron chi connectivity index (χ2n) is 5.62. The largest absolute Gasteiger partial charge is 1.00 e. The average Bonchev–Trinajstić information content (AvgIpc) is 2.36. The van der Waals surface area contributed by atoms with E-state index in [0.717, 1.165) is 38.5 Å². The second kappa shape index (κ2) is 16.0. The minimum atomic E-state index is -4.34. The van der Waals surface area contributed by atoms with E-state index in [0.29, 0.717) is 0 Å². The first-order valence-electron chi connectivity index (χ1n) is 8.23. The molecule has 0 aromatic rings. The molecule has 0 saturated carbocycles.